The summed E-state index contributed by atoms with van der Waals surface area (Å²) < 4.78 is 5.31. The van der Waals surface area contributed by atoms with Gasteiger partial charge in [-0.15, -0.1) is 0 Å². The molecule has 0 aliphatic carbocycles. The second-order valence-corrected chi connectivity index (χ2v) is 6.22. The van der Waals surface area contributed by atoms with Crippen LogP contribution in [-0.4, -0.2) is 18.1 Å². The molecule has 0 heterocycles. The summed E-state index contributed by atoms with van der Waals surface area (Å²) in [7, 11) is 0. The molecule has 0 bridgehead atoms. The fraction of sp³-hybridized carbons (Fsp3) is 0.429. The number of nitrogens with zero attached hydrogens (tertiary/aromatic N) is 1. The number of nitriles is 1. The van der Waals surface area contributed by atoms with E-state index in [1.54, 1.807) is 6.92 Å². The summed E-state index contributed by atoms with van der Waals surface area (Å²) in [6, 6.07) is 4.96. The van der Waals surface area contributed by atoms with Gasteiger partial charge >= 0.3 is 0 Å². The third kappa shape index (κ3) is 4.67. The molecule has 0 saturated heterocycles. The maximum atomic E-state index is 11.9. The highest BCUT2D eigenvalue weighted by molar-refractivity contribution is 6.43. The zero-order valence-electron chi connectivity index (χ0n) is 11.8. The van der Waals surface area contributed by atoms with Gasteiger partial charge in [-0.3, -0.25) is 4.79 Å². The van der Waals surface area contributed by atoms with E-state index in [0.29, 0.717) is 5.02 Å². The first-order chi connectivity index (χ1) is 9.69. The minimum Gasteiger partial charge on any atom is -0.482 e. The first kappa shape index (κ1) is 17.9. The molecule has 0 aliphatic rings. The van der Waals surface area contributed by atoms with E-state index in [4.69, 9.17) is 44.8 Å². The number of hydrogen-bond donors (Lipinski definition) is 1. The topological polar surface area (TPSA) is 62.1 Å². The zero-order chi connectivity index (χ0) is 16.2. The third-order valence-electron chi connectivity index (χ3n) is 3.12. The van der Waals surface area contributed by atoms with Crippen LogP contribution >= 0.6 is 34.8 Å². The highest BCUT2D eigenvalue weighted by Crippen LogP contribution is 2.33. The molecule has 7 heteroatoms. The van der Waals surface area contributed by atoms with Crippen molar-refractivity contribution >= 4 is 40.7 Å². The molecule has 4 nitrogen and oxygen atoms in total. The molecule has 0 unspecified atom stereocenters. The second-order valence-electron chi connectivity index (χ2n) is 5.00. The van der Waals surface area contributed by atoms with Gasteiger partial charge in [0.15, 0.2) is 6.61 Å². The van der Waals surface area contributed by atoms with Crippen LogP contribution in [0.5, 0.6) is 5.75 Å². The Bertz CT molecular complexity index is 584. The second kappa shape index (κ2) is 7.22. The predicted octanol–water partition coefficient (Wildman–Crippen LogP) is 4.08. The van der Waals surface area contributed by atoms with Crippen molar-refractivity contribution in [2.24, 2.45) is 5.92 Å². The number of hydrogen-bond acceptors (Lipinski definition) is 3. The van der Waals surface area contributed by atoms with Gasteiger partial charge in [0.05, 0.1) is 21.1 Å². The number of halogens is 3. The summed E-state index contributed by atoms with van der Waals surface area (Å²) in [5, 5.41) is 12.6. The summed E-state index contributed by atoms with van der Waals surface area (Å²) >= 11 is 17.6. The predicted molar refractivity (Wildman–Crippen MR) is 84.0 cm³/mol. The van der Waals surface area contributed by atoms with Crippen LogP contribution in [-0.2, 0) is 4.79 Å². The largest absolute Gasteiger partial charge is 0.482 e. The number of carbonyl (C=O) groups excluding carboxylic acids is 1. The maximum Gasteiger partial charge on any atom is 0.259 e. The number of benzene rings is 1. The Morgan fingerprint density at radius 2 is 1.90 bits per heavy atom. The molecule has 0 radical (unpaired) electrons. The van der Waals surface area contributed by atoms with Crippen LogP contribution in [0.1, 0.15) is 20.8 Å². The summed E-state index contributed by atoms with van der Waals surface area (Å²) in [5.41, 5.74) is -0.956. The lowest BCUT2D eigenvalue weighted by atomic mass is 9.90. The standard InChI is InChI=1S/C14H15Cl3N2O2/c1-8(2)14(3,7-18)19-13(20)6-21-12-5-10(16)9(15)4-11(12)17/h4-5,8H,6H2,1-3H3,(H,19,20)/t14-/m0/s1. The summed E-state index contributed by atoms with van der Waals surface area (Å²) in [6.07, 6.45) is 0. The van der Waals surface area contributed by atoms with Crippen molar-refractivity contribution in [3.63, 3.8) is 0 Å². The summed E-state index contributed by atoms with van der Waals surface area (Å²) in [6.45, 7) is 5.07. The lowest BCUT2D eigenvalue weighted by molar-refractivity contribution is -0.124. The van der Waals surface area contributed by atoms with Gasteiger partial charge in [0.2, 0.25) is 0 Å². The van der Waals surface area contributed by atoms with Crippen LogP contribution in [0, 0.1) is 17.2 Å². The lowest BCUT2D eigenvalue weighted by Crippen LogP contribution is -2.50. The molecule has 0 aliphatic heterocycles. The van der Waals surface area contributed by atoms with Gasteiger partial charge in [-0.1, -0.05) is 48.7 Å². The van der Waals surface area contributed by atoms with E-state index in [1.807, 2.05) is 13.8 Å². The van der Waals surface area contributed by atoms with E-state index in [2.05, 4.69) is 11.4 Å². The SMILES string of the molecule is CC(C)[C@](C)(C#N)NC(=O)COc1cc(Cl)c(Cl)cc1Cl. The summed E-state index contributed by atoms with van der Waals surface area (Å²) in [4.78, 5) is 11.9. The van der Waals surface area contributed by atoms with E-state index in [0.717, 1.165) is 0 Å². The third-order valence-corrected chi connectivity index (χ3v) is 4.14. The molecule has 1 amide bonds. The van der Waals surface area contributed by atoms with Gasteiger partial charge in [-0.25, -0.2) is 0 Å². The average molecular weight is 350 g/mol. The van der Waals surface area contributed by atoms with E-state index in [9.17, 15) is 4.79 Å². The van der Waals surface area contributed by atoms with E-state index >= 15 is 0 Å². The molecule has 1 atom stereocenters. The fourth-order valence-corrected chi connectivity index (χ4v) is 1.98. The van der Waals surface area contributed by atoms with E-state index < -0.39 is 11.4 Å². The molecule has 0 saturated carbocycles. The number of ether oxygens (including phenoxy) is 1. The molecule has 1 N–H and O–H groups in total. The minimum atomic E-state index is -0.956. The molecule has 0 spiro atoms. The quantitative estimate of drug-likeness (QED) is 0.815. The van der Waals surface area contributed by atoms with Crippen molar-refractivity contribution in [1.29, 1.82) is 5.26 Å². The van der Waals surface area contributed by atoms with Gasteiger partial charge in [0.1, 0.15) is 11.3 Å². The molecule has 1 rings (SSSR count). The zero-order valence-corrected chi connectivity index (χ0v) is 14.1. The van der Waals surface area contributed by atoms with Crippen LogP contribution < -0.4 is 10.1 Å². The monoisotopic (exact) mass is 348 g/mol. The Balaban J connectivity index is 2.70. The van der Waals surface area contributed by atoms with Crippen molar-refractivity contribution in [2.75, 3.05) is 6.61 Å². The molecular formula is C14H15Cl3N2O2. The van der Waals surface area contributed by atoms with Gasteiger partial charge in [0, 0.05) is 6.07 Å². The first-order valence-corrected chi connectivity index (χ1v) is 7.32. The number of amides is 1. The van der Waals surface area contributed by atoms with Crippen molar-refractivity contribution in [1.82, 2.24) is 5.32 Å². The molecule has 21 heavy (non-hydrogen) atoms. The van der Waals surface area contributed by atoms with Crippen molar-refractivity contribution in [2.45, 2.75) is 26.3 Å². The molecule has 0 fully saturated rings. The fourth-order valence-electron chi connectivity index (χ4n) is 1.39. The maximum absolute atomic E-state index is 11.9. The lowest BCUT2D eigenvalue weighted by Gasteiger charge is -2.27. The smallest absolute Gasteiger partial charge is 0.259 e. The Labute approximate surface area is 138 Å². The van der Waals surface area contributed by atoms with E-state index in [-0.39, 0.29) is 28.3 Å². The Kier molecular flexibility index (Phi) is 6.15. The number of nitrogens with one attached hydrogen (secondary N) is 1. The number of carbonyl (C=O) groups is 1. The van der Waals surface area contributed by atoms with Gasteiger partial charge in [-0.05, 0) is 18.9 Å². The Morgan fingerprint density at radius 3 is 2.43 bits per heavy atom. The Morgan fingerprint density at radius 1 is 1.33 bits per heavy atom. The molecule has 1 aromatic rings. The van der Waals surface area contributed by atoms with Crippen LogP contribution in [0.4, 0.5) is 0 Å². The molecule has 114 valence electrons. The normalized spacial score (nSPS) is 13.4. The minimum absolute atomic E-state index is 0.0417. The van der Waals surface area contributed by atoms with Gasteiger partial charge < -0.3 is 10.1 Å². The van der Waals surface area contributed by atoms with Crippen LogP contribution in [0.25, 0.3) is 0 Å². The Hall–Kier alpha value is -1.15. The highest BCUT2D eigenvalue weighted by atomic mass is 35.5. The van der Waals surface area contributed by atoms with Crippen LogP contribution in [0.2, 0.25) is 15.1 Å². The van der Waals surface area contributed by atoms with Gasteiger partial charge in [-0.2, -0.15) is 5.26 Å². The van der Waals surface area contributed by atoms with Crippen LogP contribution in [0.15, 0.2) is 12.1 Å². The van der Waals surface area contributed by atoms with Crippen molar-refractivity contribution in [3.8, 4) is 11.8 Å². The van der Waals surface area contributed by atoms with Crippen molar-refractivity contribution in [3.05, 3.63) is 27.2 Å². The first-order valence-electron chi connectivity index (χ1n) is 6.19. The summed E-state index contributed by atoms with van der Waals surface area (Å²) in [5.74, 6) is -0.209. The molecule has 0 aromatic heterocycles. The van der Waals surface area contributed by atoms with Gasteiger partial charge in [0.25, 0.3) is 5.91 Å². The van der Waals surface area contributed by atoms with Crippen LogP contribution in [0.3, 0.4) is 0 Å². The number of rotatable bonds is 5. The molecule has 1 aromatic carbocycles. The molecular weight excluding hydrogens is 335 g/mol. The van der Waals surface area contributed by atoms with E-state index in [1.165, 1.54) is 12.1 Å². The van der Waals surface area contributed by atoms with Crippen molar-refractivity contribution < 1.29 is 9.53 Å². The highest BCUT2D eigenvalue weighted by Gasteiger charge is 2.30. The average Bonchev–Trinajstić information content (AvgIpc) is 2.41.